The van der Waals surface area contributed by atoms with E-state index in [0.717, 1.165) is 16.9 Å². The Labute approximate surface area is 192 Å². The number of para-hydroxylation sites is 1. The van der Waals surface area contributed by atoms with Crippen molar-refractivity contribution in [2.45, 2.75) is 115 Å². The molecule has 4 nitrogen and oxygen atoms in total. The number of carbonyl (C=O) groups excluding carboxylic acids is 2. The van der Waals surface area contributed by atoms with Crippen molar-refractivity contribution in [2.75, 3.05) is 0 Å². The maximum atomic E-state index is 12.6. The second-order valence-electron chi connectivity index (χ2n) is 10.5. The number of Topliss-reactive ketones (excluding diaryl/α,β-unsaturated/α-hetero) is 2. The van der Waals surface area contributed by atoms with Gasteiger partial charge in [-0.25, -0.2) is 0 Å². The molecular weight excluding hydrogens is 396 g/mol. The Hall–Kier alpha value is -1.94. The third kappa shape index (κ3) is 4.19. The first-order valence-corrected chi connectivity index (χ1v) is 13.1. The number of ketones is 2. The zero-order valence-electron chi connectivity index (χ0n) is 19.6. The van der Waals surface area contributed by atoms with Crippen molar-refractivity contribution in [3.05, 3.63) is 36.0 Å². The van der Waals surface area contributed by atoms with Crippen LogP contribution in [0.2, 0.25) is 0 Å². The average molecular weight is 435 g/mol. The molecule has 0 radical (unpaired) electrons. The maximum Gasteiger partial charge on any atom is 0.230 e. The van der Waals surface area contributed by atoms with Crippen molar-refractivity contribution in [2.24, 2.45) is 0 Å². The number of hydrogen-bond donors (Lipinski definition) is 0. The Morgan fingerprint density at radius 3 is 1.97 bits per heavy atom. The Kier molecular flexibility index (Phi) is 6.50. The van der Waals surface area contributed by atoms with Gasteiger partial charge in [0.2, 0.25) is 5.78 Å². The van der Waals surface area contributed by atoms with Gasteiger partial charge in [0, 0.05) is 48.2 Å². The molecule has 5 rings (SSSR count). The fourth-order valence-electron chi connectivity index (χ4n) is 6.97. The minimum atomic E-state index is -0.376. The summed E-state index contributed by atoms with van der Waals surface area (Å²) in [5.41, 5.74) is 1.68. The Morgan fingerprint density at radius 2 is 1.34 bits per heavy atom. The number of fused-ring (bicyclic) bond motifs is 3. The summed E-state index contributed by atoms with van der Waals surface area (Å²) in [5.74, 6) is -0.736. The lowest BCUT2D eigenvalue weighted by atomic mass is 9.90. The molecule has 0 N–H and O–H groups in total. The second kappa shape index (κ2) is 9.51. The molecule has 2 bridgehead atoms. The highest BCUT2D eigenvalue weighted by molar-refractivity contribution is 6.45. The molecular formula is C28H38N2O2. The third-order valence-electron chi connectivity index (χ3n) is 8.46. The molecule has 1 saturated carbocycles. The molecule has 0 amide bonds. The van der Waals surface area contributed by atoms with Gasteiger partial charge in [-0.3, -0.25) is 14.5 Å². The number of carbonyl (C=O) groups is 2. The van der Waals surface area contributed by atoms with E-state index in [2.05, 4.69) is 15.5 Å². The first kappa shape index (κ1) is 21.9. The molecule has 172 valence electrons. The highest BCUT2D eigenvalue weighted by Crippen LogP contribution is 2.45. The normalized spacial score (nSPS) is 28.1. The Balaban J connectivity index is 1.38. The van der Waals surface area contributed by atoms with Gasteiger partial charge in [0.1, 0.15) is 0 Å². The van der Waals surface area contributed by atoms with Crippen LogP contribution in [0.5, 0.6) is 0 Å². The summed E-state index contributed by atoms with van der Waals surface area (Å²) in [7, 11) is 0. The number of benzene rings is 1. The molecule has 1 aliphatic carbocycles. The Bertz CT molecular complexity index is 953. The fourth-order valence-corrected chi connectivity index (χ4v) is 6.97. The summed E-state index contributed by atoms with van der Waals surface area (Å²) >= 11 is 0. The summed E-state index contributed by atoms with van der Waals surface area (Å²) in [6.45, 7) is 1.38. The van der Waals surface area contributed by atoms with Crippen molar-refractivity contribution in [1.82, 2.24) is 9.47 Å². The Morgan fingerprint density at radius 1 is 0.750 bits per heavy atom. The van der Waals surface area contributed by atoms with E-state index in [9.17, 15) is 9.59 Å². The van der Waals surface area contributed by atoms with Gasteiger partial charge in [-0.2, -0.15) is 0 Å². The van der Waals surface area contributed by atoms with E-state index < -0.39 is 0 Å². The second-order valence-corrected chi connectivity index (χ2v) is 10.5. The number of hydrogen-bond acceptors (Lipinski definition) is 3. The molecule has 2 aromatic rings. The van der Waals surface area contributed by atoms with Crippen LogP contribution in [-0.4, -0.2) is 39.2 Å². The molecule has 32 heavy (non-hydrogen) atoms. The number of piperidine rings is 1. The SMILES string of the molecule is CC(=O)C(=O)c1cn([C@H]2C[C@H]3CC[C@@H](C2)N3C2CCCCCCCCC2)c2ccccc12. The molecule has 4 heteroatoms. The molecule has 2 saturated heterocycles. The highest BCUT2D eigenvalue weighted by Gasteiger charge is 2.44. The van der Waals surface area contributed by atoms with Gasteiger partial charge in [0.15, 0.2) is 5.78 Å². The monoisotopic (exact) mass is 434 g/mol. The first-order valence-electron chi connectivity index (χ1n) is 13.1. The van der Waals surface area contributed by atoms with E-state index in [0.29, 0.717) is 23.7 Å². The number of rotatable bonds is 4. The largest absolute Gasteiger partial charge is 0.344 e. The van der Waals surface area contributed by atoms with Crippen LogP contribution in [0, 0.1) is 0 Å². The quantitative estimate of drug-likeness (QED) is 0.409. The topological polar surface area (TPSA) is 42.3 Å². The minimum Gasteiger partial charge on any atom is -0.344 e. The summed E-state index contributed by atoms with van der Waals surface area (Å²) in [6.07, 6.45) is 19.6. The van der Waals surface area contributed by atoms with Gasteiger partial charge in [0.25, 0.3) is 0 Å². The van der Waals surface area contributed by atoms with Crippen LogP contribution in [0.15, 0.2) is 30.5 Å². The van der Waals surface area contributed by atoms with E-state index in [1.807, 2.05) is 24.4 Å². The molecule has 0 unspecified atom stereocenters. The van der Waals surface area contributed by atoms with Gasteiger partial charge in [0.05, 0.1) is 5.56 Å². The van der Waals surface area contributed by atoms with Crippen molar-refractivity contribution < 1.29 is 9.59 Å². The van der Waals surface area contributed by atoms with Crippen LogP contribution in [0.4, 0.5) is 0 Å². The number of aromatic nitrogens is 1. The molecule has 1 aromatic heterocycles. The van der Waals surface area contributed by atoms with Gasteiger partial charge in [-0.05, 0) is 44.6 Å². The summed E-state index contributed by atoms with van der Waals surface area (Å²) in [6, 6.07) is 10.6. The van der Waals surface area contributed by atoms with Crippen molar-refractivity contribution in [3.8, 4) is 0 Å². The molecule has 3 aliphatic rings. The minimum absolute atomic E-state index is 0.359. The fraction of sp³-hybridized carbons (Fsp3) is 0.643. The lowest BCUT2D eigenvalue weighted by Crippen LogP contribution is -2.49. The predicted octanol–water partition coefficient (Wildman–Crippen LogP) is 6.47. The lowest BCUT2D eigenvalue weighted by Gasteiger charge is -2.44. The van der Waals surface area contributed by atoms with Gasteiger partial charge >= 0.3 is 0 Å². The molecule has 0 spiro atoms. The molecule has 3 atom stereocenters. The zero-order chi connectivity index (χ0) is 22.1. The standard InChI is InChI=1S/C28H38N2O2/c1-20(31)28(32)26-19-29(27-14-10-9-13-25(26)27)24-17-22-15-16-23(18-24)30(22)21-11-7-5-3-2-4-6-8-12-21/h9-10,13-14,19,21-24H,2-8,11-12,15-18H2,1H3/t22-,23+,24+. The first-order chi connectivity index (χ1) is 15.6. The lowest BCUT2D eigenvalue weighted by molar-refractivity contribution is -0.113. The van der Waals surface area contributed by atoms with E-state index in [1.165, 1.54) is 90.4 Å². The molecule has 2 aliphatic heterocycles. The van der Waals surface area contributed by atoms with Gasteiger partial charge < -0.3 is 4.57 Å². The highest BCUT2D eigenvalue weighted by atomic mass is 16.2. The average Bonchev–Trinajstić information content (AvgIpc) is 3.31. The summed E-state index contributed by atoms with van der Waals surface area (Å²) in [4.78, 5) is 27.4. The molecule has 1 aromatic carbocycles. The predicted molar refractivity (Wildman–Crippen MR) is 129 cm³/mol. The van der Waals surface area contributed by atoms with Crippen LogP contribution in [0.1, 0.15) is 107 Å². The van der Waals surface area contributed by atoms with Crippen LogP contribution in [0.3, 0.4) is 0 Å². The van der Waals surface area contributed by atoms with Crippen molar-refractivity contribution in [3.63, 3.8) is 0 Å². The third-order valence-corrected chi connectivity index (χ3v) is 8.46. The van der Waals surface area contributed by atoms with Crippen LogP contribution >= 0.6 is 0 Å². The summed E-state index contributed by atoms with van der Waals surface area (Å²) in [5, 5.41) is 0.926. The van der Waals surface area contributed by atoms with E-state index in [4.69, 9.17) is 0 Å². The van der Waals surface area contributed by atoms with Crippen molar-refractivity contribution in [1.29, 1.82) is 0 Å². The maximum absolute atomic E-state index is 12.6. The van der Waals surface area contributed by atoms with Gasteiger partial charge in [-0.1, -0.05) is 63.1 Å². The van der Waals surface area contributed by atoms with Crippen LogP contribution in [-0.2, 0) is 4.79 Å². The zero-order valence-corrected chi connectivity index (χ0v) is 19.6. The molecule has 3 fully saturated rings. The van der Waals surface area contributed by atoms with E-state index in [1.54, 1.807) is 0 Å². The number of nitrogens with zero attached hydrogens (tertiary/aromatic N) is 2. The van der Waals surface area contributed by atoms with Crippen molar-refractivity contribution >= 4 is 22.5 Å². The van der Waals surface area contributed by atoms with E-state index in [-0.39, 0.29) is 11.6 Å². The van der Waals surface area contributed by atoms with Crippen LogP contribution in [0.25, 0.3) is 10.9 Å². The smallest absolute Gasteiger partial charge is 0.230 e. The molecule has 3 heterocycles. The summed E-state index contributed by atoms with van der Waals surface area (Å²) < 4.78 is 2.33. The van der Waals surface area contributed by atoms with Gasteiger partial charge in [-0.15, -0.1) is 0 Å². The van der Waals surface area contributed by atoms with E-state index >= 15 is 0 Å². The van der Waals surface area contributed by atoms with Crippen LogP contribution < -0.4 is 0 Å².